The summed E-state index contributed by atoms with van der Waals surface area (Å²) in [4.78, 5) is 61.1. The molecule has 1 heterocycles. The zero-order valence-electron chi connectivity index (χ0n) is 21.9. The highest BCUT2D eigenvalue weighted by Crippen LogP contribution is 2.21. The van der Waals surface area contributed by atoms with Crippen LogP contribution in [0.1, 0.15) is 37.8 Å². The molecule has 4 atom stereocenters. The van der Waals surface area contributed by atoms with Crippen LogP contribution in [0.5, 0.6) is 0 Å². The summed E-state index contributed by atoms with van der Waals surface area (Å²) in [5, 5.41) is 7.72. The number of alkyl carbamates (subject to hydrolysis) is 1. The summed E-state index contributed by atoms with van der Waals surface area (Å²) < 4.78 is 15.4. The third-order valence-electron chi connectivity index (χ3n) is 6.06. The molecule has 3 N–H and O–H groups in total. The second-order valence-corrected chi connectivity index (χ2v) is 9.16. The van der Waals surface area contributed by atoms with Crippen molar-refractivity contribution in [1.29, 1.82) is 0 Å². The molecular formula is C28H33N3O8. The van der Waals surface area contributed by atoms with Gasteiger partial charge in [0.15, 0.2) is 6.10 Å². The third kappa shape index (κ3) is 9.13. The molecule has 1 fully saturated rings. The second-order valence-electron chi connectivity index (χ2n) is 9.16. The van der Waals surface area contributed by atoms with Crippen LogP contribution in [0.4, 0.5) is 4.79 Å². The maximum Gasteiger partial charge on any atom is 0.408 e. The number of ether oxygens (including phenoxy) is 3. The van der Waals surface area contributed by atoms with Gasteiger partial charge in [0, 0.05) is 6.54 Å². The molecule has 11 heteroatoms. The summed E-state index contributed by atoms with van der Waals surface area (Å²) in [5.41, 5.74) is 1.58. The highest BCUT2D eigenvalue weighted by Gasteiger charge is 2.43. The van der Waals surface area contributed by atoms with Crippen molar-refractivity contribution in [3.8, 4) is 0 Å². The lowest BCUT2D eigenvalue weighted by atomic mass is 9.99. The van der Waals surface area contributed by atoms with Gasteiger partial charge < -0.3 is 30.2 Å². The van der Waals surface area contributed by atoms with E-state index >= 15 is 0 Å². The third-order valence-corrected chi connectivity index (χ3v) is 6.06. The Kier molecular flexibility index (Phi) is 10.8. The number of benzene rings is 2. The predicted molar refractivity (Wildman–Crippen MR) is 139 cm³/mol. The molecule has 208 valence electrons. The van der Waals surface area contributed by atoms with Crippen LogP contribution >= 0.6 is 0 Å². The average molecular weight is 540 g/mol. The van der Waals surface area contributed by atoms with Crippen LogP contribution in [0, 0.1) is 5.92 Å². The molecule has 1 aliphatic heterocycles. The number of nitrogens with one attached hydrogen (secondary N) is 3. The fraction of sp³-hybridized carbons (Fsp3) is 0.393. The maximum absolute atomic E-state index is 12.8. The van der Waals surface area contributed by atoms with Gasteiger partial charge in [-0.05, 0) is 37.8 Å². The predicted octanol–water partition coefficient (Wildman–Crippen LogP) is 1.99. The van der Waals surface area contributed by atoms with E-state index in [9.17, 15) is 24.0 Å². The molecule has 3 amide bonds. The smallest absolute Gasteiger partial charge is 0.408 e. The number of hydrogen-bond donors (Lipinski definition) is 3. The number of cyclic esters (lactones) is 1. The van der Waals surface area contributed by atoms with Crippen molar-refractivity contribution in [2.45, 2.75) is 58.1 Å². The summed E-state index contributed by atoms with van der Waals surface area (Å²) >= 11 is 0. The van der Waals surface area contributed by atoms with Gasteiger partial charge in [0.05, 0.1) is 0 Å². The number of carbonyl (C=O) groups is 5. The molecule has 2 aromatic carbocycles. The Hall–Kier alpha value is -4.41. The molecule has 2 unspecified atom stereocenters. The van der Waals surface area contributed by atoms with E-state index in [-0.39, 0.29) is 26.2 Å². The van der Waals surface area contributed by atoms with E-state index in [1.807, 2.05) is 36.4 Å². The van der Waals surface area contributed by atoms with Gasteiger partial charge in [0.2, 0.25) is 5.91 Å². The molecule has 0 aliphatic carbocycles. The quantitative estimate of drug-likeness (QED) is 0.199. The summed E-state index contributed by atoms with van der Waals surface area (Å²) in [6.07, 6.45) is -1.12. The second kappa shape index (κ2) is 14.5. The van der Waals surface area contributed by atoms with Crippen molar-refractivity contribution in [1.82, 2.24) is 16.0 Å². The van der Waals surface area contributed by atoms with E-state index < -0.39 is 54.0 Å². The van der Waals surface area contributed by atoms with Gasteiger partial charge in [-0.2, -0.15) is 0 Å². The van der Waals surface area contributed by atoms with Crippen molar-refractivity contribution in [2.24, 2.45) is 5.92 Å². The first-order chi connectivity index (χ1) is 18.7. The normalized spacial score (nSPS) is 17.4. The fourth-order valence-electron chi connectivity index (χ4n) is 3.67. The molecule has 11 nitrogen and oxygen atoms in total. The van der Waals surface area contributed by atoms with E-state index in [0.29, 0.717) is 6.42 Å². The Morgan fingerprint density at radius 1 is 0.897 bits per heavy atom. The van der Waals surface area contributed by atoms with Crippen LogP contribution in [0.25, 0.3) is 0 Å². The first-order valence-electron chi connectivity index (χ1n) is 12.7. The molecule has 0 bridgehead atoms. The van der Waals surface area contributed by atoms with Gasteiger partial charge >= 0.3 is 18.0 Å². The highest BCUT2D eigenvalue weighted by molar-refractivity contribution is 5.93. The van der Waals surface area contributed by atoms with Gasteiger partial charge in [0.1, 0.15) is 31.2 Å². The van der Waals surface area contributed by atoms with Gasteiger partial charge in [0.25, 0.3) is 5.91 Å². The lowest BCUT2D eigenvalue weighted by molar-refractivity contribution is -0.186. The van der Waals surface area contributed by atoms with Gasteiger partial charge in [-0.25, -0.2) is 9.59 Å². The van der Waals surface area contributed by atoms with E-state index in [0.717, 1.165) is 11.1 Å². The zero-order valence-corrected chi connectivity index (χ0v) is 21.9. The van der Waals surface area contributed by atoms with Crippen molar-refractivity contribution in [3.63, 3.8) is 0 Å². The molecule has 3 rings (SSSR count). The van der Waals surface area contributed by atoms with Crippen molar-refractivity contribution in [2.75, 3.05) is 6.54 Å². The monoisotopic (exact) mass is 539 g/mol. The molecular weight excluding hydrogens is 506 g/mol. The van der Waals surface area contributed by atoms with E-state index in [4.69, 9.17) is 14.2 Å². The molecule has 0 aromatic heterocycles. The molecule has 0 saturated carbocycles. The largest absolute Gasteiger partial charge is 0.459 e. The van der Waals surface area contributed by atoms with E-state index in [2.05, 4.69) is 16.0 Å². The van der Waals surface area contributed by atoms with Crippen LogP contribution in [-0.2, 0) is 46.6 Å². The fourth-order valence-corrected chi connectivity index (χ4v) is 3.67. The van der Waals surface area contributed by atoms with Crippen molar-refractivity contribution >= 4 is 29.8 Å². The van der Waals surface area contributed by atoms with Gasteiger partial charge in [-0.3, -0.25) is 14.4 Å². The topological polar surface area (TPSA) is 149 Å². The maximum atomic E-state index is 12.8. The Morgan fingerprint density at radius 3 is 2.05 bits per heavy atom. The average Bonchev–Trinajstić information content (AvgIpc) is 2.95. The van der Waals surface area contributed by atoms with Crippen LogP contribution in [-0.4, -0.2) is 54.6 Å². The molecule has 0 spiro atoms. The summed E-state index contributed by atoms with van der Waals surface area (Å²) in [6.45, 7) is 3.33. The van der Waals surface area contributed by atoms with Crippen LogP contribution in [0.2, 0.25) is 0 Å². The Labute approximate surface area is 226 Å². The lowest BCUT2D eigenvalue weighted by Gasteiger charge is -2.31. The summed E-state index contributed by atoms with van der Waals surface area (Å²) in [7, 11) is 0. The number of amides is 3. The number of carbonyl (C=O) groups excluding carboxylic acids is 5. The molecule has 0 radical (unpaired) electrons. The minimum absolute atomic E-state index is 0.0212. The molecule has 2 aromatic rings. The standard InChI is InChI=1S/C28H33N3O8/c1-18-23(39-26(18)34)25(33)29-15-9-14-22(27(35)37-16-20-10-5-3-6-11-20)31-24(32)19(2)30-28(36)38-17-21-12-7-4-8-13-21/h3-8,10-13,18-19,22-23H,9,14-17H2,1-2H3,(H,29,33)(H,30,36)(H,31,32)/t18?,19-,22?,23-/m0/s1. The molecule has 1 saturated heterocycles. The Balaban J connectivity index is 1.49. The number of esters is 2. The van der Waals surface area contributed by atoms with Crippen LogP contribution in [0.15, 0.2) is 60.7 Å². The SMILES string of the molecule is CC1C(=O)O[C@@H]1C(=O)NCCCC(NC(=O)[C@H](C)NC(=O)OCc1ccccc1)C(=O)OCc1ccccc1. The zero-order chi connectivity index (χ0) is 28.2. The molecule has 39 heavy (non-hydrogen) atoms. The van der Waals surface area contributed by atoms with E-state index in [1.165, 1.54) is 6.92 Å². The summed E-state index contributed by atoms with van der Waals surface area (Å²) in [6, 6.07) is 16.1. The highest BCUT2D eigenvalue weighted by atomic mass is 16.6. The van der Waals surface area contributed by atoms with Crippen molar-refractivity contribution < 1.29 is 38.2 Å². The minimum atomic E-state index is -1.02. The minimum Gasteiger partial charge on any atom is -0.459 e. The lowest BCUT2D eigenvalue weighted by Crippen LogP contribution is -2.53. The summed E-state index contributed by atoms with van der Waals surface area (Å²) in [5.74, 6) is -2.60. The first-order valence-corrected chi connectivity index (χ1v) is 12.7. The Bertz CT molecular complexity index is 1140. The number of rotatable bonds is 13. The van der Waals surface area contributed by atoms with Crippen LogP contribution < -0.4 is 16.0 Å². The van der Waals surface area contributed by atoms with Gasteiger partial charge in [-0.15, -0.1) is 0 Å². The van der Waals surface area contributed by atoms with E-state index in [1.54, 1.807) is 31.2 Å². The first kappa shape index (κ1) is 29.2. The van der Waals surface area contributed by atoms with Crippen molar-refractivity contribution in [3.05, 3.63) is 71.8 Å². The van der Waals surface area contributed by atoms with Crippen LogP contribution in [0.3, 0.4) is 0 Å². The van der Waals surface area contributed by atoms with Gasteiger partial charge in [-0.1, -0.05) is 60.7 Å². The molecule has 1 aliphatic rings. The number of hydrogen-bond acceptors (Lipinski definition) is 8. The Morgan fingerprint density at radius 2 is 1.49 bits per heavy atom.